The van der Waals surface area contributed by atoms with Gasteiger partial charge in [0.05, 0.1) is 19.1 Å². The number of nitrogens with one attached hydrogen (secondary N) is 1. The number of imidazole rings is 1. The lowest BCUT2D eigenvalue weighted by Crippen LogP contribution is -2.38. The highest BCUT2D eigenvalue weighted by Crippen LogP contribution is 2.25. The average Bonchev–Trinajstić information content (AvgIpc) is 3.10. The van der Waals surface area contributed by atoms with Crippen molar-refractivity contribution in [2.24, 2.45) is 14.1 Å². The molecule has 0 aliphatic rings. The summed E-state index contributed by atoms with van der Waals surface area (Å²) in [6, 6.07) is 6.40. The van der Waals surface area contributed by atoms with Crippen molar-refractivity contribution in [2.45, 2.75) is 19.4 Å². The predicted octanol–water partition coefficient (Wildman–Crippen LogP) is 1.03. The molecule has 1 amide bonds. The zero-order valence-corrected chi connectivity index (χ0v) is 15.6. The van der Waals surface area contributed by atoms with Crippen molar-refractivity contribution >= 4 is 22.8 Å². The first-order valence-corrected chi connectivity index (χ1v) is 8.47. The molecule has 142 valence electrons. The number of methoxy groups -OCH3 is 1. The Balaban J connectivity index is 2.07. The summed E-state index contributed by atoms with van der Waals surface area (Å²) >= 11 is 0. The van der Waals surface area contributed by atoms with Gasteiger partial charge < -0.3 is 14.6 Å². The maximum Gasteiger partial charge on any atom is 0.332 e. The number of hydrogen-bond acceptors (Lipinski definition) is 5. The molecule has 1 N–H and O–H groups in total. The Morgan fingerprint density at radius 1 is 1.22 bits per heavy atom. The highest BCUT2D eigenvalue weighted by Gasteiger charge is 2.24. The smallest absolute Gasteiger partial charge is 0.332 e. The van der Waals surface area contributed by atoms with Crippen molar-refractivity contribution in [1.82, 2.24) is 18.7 Å². The van der Waals surface area contributed by atoms with E-state index in [-0.39, 0.29) is 17.1 Å². The highest BCUT2D eigenvalue weighted by atomic mass is 16.5. The summed E-state index contributed by atoms with van der Waals surface area (Å²) in [6.07, 6.45) is 1.85. The van der Waals surface area contributed by atoms with Crippen molar-refractivity contribution in [3.8, 4) is 5.75 Å². The van der Waals surface area contributed by atoms with Crippen LogP contribution in [-0.2, 0) is 18.9 Å². The fraction of sp³-hybridized carbons (Fsp3) is 0.333. The molecule has 2 heterocycles. The number of aromatic nitrogens is 4. The first kappa shape index (κ1) is 18.4. The lowest BCUT2D eigenvalue weighted by Gasteiger charge is -2.18. The van der Waals surface area contributed by atoms with Crippen LogP contribution in [0.25, 0.3) is 11.2 Å². The Labute approximate surface area is 154 Å². The first-order chi connectivity index (χ1) is 12.9. The van der Waals surface area contributed by atoms with E-state index in [1.807, 2.05) is 6.92 Å². The molecule has 0 fully saturated rings. The number of nitrogens with zero attached hydrogens (tertiary/aromatic N) is 4. The topological polar surface area (TPSA) is 100 Å². The van der Waals surface area contributed by atoms with Crippen LogP contribution in [0.3, 0.4) is 0 Å². The lowest BCUT2D eigenvalue weighted by atomic mass is 10.2. The molecule has 0 unspecified atom stereocenters. The molecular formula is C18H21N5O4. The van der Waals surface area contributed by atoms with Gasteiger partial charge in [-0.25, -0.2) is 9.78 Å². The summed E-state index contributed by atoms with van der Waals surface area (Å²) < 4.78 is 9.07. The third-order valence-electron chi connectivity index (χ3n) is 4.56. The van der Waals surface area contributed by atoms with Gasteiger partial charge in [-0.05, 0) is 18.6 Å². The second kappa shape index (κ2) is 7.10. The van der Waals surface area contributed by atoms with E-state index in [9.17, 15) is 14.4 Å². The van der Waals surface area contributed by atoms with Gasteiger partial charge in [-0.15, -0.1) is 0 Å². The Hall–Kier alpha value is -3.36. The van der Waals surface area contributed by atoms with E-state index in [1.54, 1.807) is 24.3 Å². The molecule has 3 aromatic rings. The molecule has 9 heteroatoms. The van der Waals surface area contributed by atoms with Crippen molar-refractivity contribution in [3.63, 3.8) is 0 Å². The van der Waals surface area contributed by atoms with E-state index in [0.29, 0.717) is 17.9 Å². The Kier molecular flexibility index (Phi) is 4.85. The molecule has 0 radical (unpaired) electrons. The SMILES string of the molecule is CC[C@H](C(=O)Nc1ccccc1OC)n1cnc2c1c(=O)n(C)c(=O)n2C. The van der Waals surface area contributed by atoms with Gasteiger partial charge in [0.1, 0.15) is 11.8 Å². The summed E-state index contributed by atoms with van der Waals surface area (Å²) in [5.41, 5.74) is 0.0276. The van der Waals surface area contributed by atoms with Gasteiger partial charge in [-0.1, -0.05) is 19.1 Å². The van der Waals surface area contributed by atoms with Crippen molar-refractivity contribution in [3.05, 3.63) is 51.4 Å². The molecule has 1 aromatic carbocycles. The van der Waals surface area contributed by atoms with Crippen LogP contribution in [-0.4, -0.2) is 31.7 Å². The number of aryl methyl sites for hydroxylation is 1. The standard InChI is InChI=1S/C18H21N5O4/c1-5-12(16(24)20-11-8-6-7-9-13(11)27-4)23-10-19-15-14(23)17(25)22(3)18(26)21(15)2/h6-10,12H,5H2,1-4H3,(H,20,24)/t12-/m1/s1. The molecule has 1 atom stereocenters. The molecule has 0 bridgehead atoms. The van der Waals surface area contributed by atoms with Crippen LogP contribution < -0.4 is 21.3 Å². The van der Waals surface area contributed by atoms with E-state index >= 15 is 0 Å². The van der Waals surface area contributed by atoms with E-state index in [2.05, 4.69) is 10.3 Å². The molecule has 9 nitrogen and oxygen atoms in total. The largest absolute Gasteiger partial charge is 0.495 e. The number of rotatable bonds is 5. The van der Waals surface area contributed by atoms with Crippen LogP contribution in [0.5, 0.6) is 5.75 Å². The summed E-state index contributed by atoms with van der Waals surface area (Å²) in [7, 11) is 4.46. The molecule has 0 spiro atoms. The van der Waals surface area contributed by atoms with Gasteiger partial charge in [0.2, 0.25) is 5.91 Å². The van der Waals surface area contributed by atoms with Crippen molar-refractivity contribution in [1.29, 1.82) is 0 Å². The Morgan fingerprint density at radius 3 is 2.59 bits per heavy atom. The average molecular weight is 371 g/mol. The fourth-order valence-electron chi connectivity index (χ4n) is 3.07. The predicted molar refractivity (Wildman–Crippen MR) is 101 cm³/mol. The molecular weight excluding hydrogens is 350 g/mol. The van der Waals surface area contributed by atoms with Crippen LogP contribution in [0.2, 0.25) is 0 Å². The zero-order valence-electron chi connectivity index (χ0n) is 15.6. The molecule has 3 rings (SSSR count). The van der Waals surface area contributed by atoms with Gasteiger partial charge in [-0.3, -0.25) is 18.7 Å². The monoisotopic (exact) mass is 371 g/mol. The Morgan fingerprint density at radius 2 is 1.93 bits per heavy atom. The first-order valence-electron chi connectivity index (χ1n) is 8.47. The van der Waals surface area contributed by atoms with Crippen LogP contribution in [0, 0.1) is 0 Å². The van der Waals surface area contributed by atoms with Crippen molar-refractivity contribution in [2.75, 3.05) is 12.4 Å². The van der Waals surface area contributed by atoms with Crippen LogP contribution >= 0.6 is 0 Å². The second-order valence-corrected chi connectivity index (χ2v) is 6.14. The van der Waals surface area contributed by atoms with E-state index < -0.39 is 17.3 Å². The lowest BCUT2D eigenvalue weighted by molar-refractivity contribution is -0.119. The normalized spacial score (nSPS) is 12.1. The third kappa shape index (κ3) is 3.01. The van der Waals surface area contributed by atoms with Gasteiger partial charge in [0.25, 0.3) is 5.56 Å². The Bertz CT molecular complexity index is 1120. The van der Waals surface area contributed by atoms with Gasteiger partial charge in [0, 0.05) is 14.1 Å². The van der Waals surface area contributed by atoms with Gasteiger partial charge in [-0.2, -0.15) is 0 Å². The second-order valence-electron chi connectivity index (χ2n) is 6.14. The number of carbonyl (C=O) groups excluding carboxylic acids is 1. The van der Waals surface area contributed by atoms with E-state index in [4.69, 9.17) is 4.74 Å². The minimum absolute atomic E-state index is 0.210. The minimum atomic E-state index is -0.676. The summed E-state index contributed by atoms with van der Waals surface area (Å²) in [4.78, 5) is 41.8. The number of fused-ring (bicyclic) bond motifs is 1. The maximum absolute atomic E-state index is 12.9. The molecule has 0 aliphatic heterocycles. The van der Waals surface area contributed by atoms with Crippen molar-refractivity contribution < 1.29 is 9.53 Å². The maximum atomic E-state index is 12.9. The molecule has 0 saturated carbocycles. The number of ether oxygens (including phenoxy) is 1. The highest BCUT2D eigenvalue weighted by molar-refractivity contribution is 5.95. The molecule has 0 saturated heterocycles. The number of anilines is 1. The number of hydrogen-bond donors (Lipinski definition) is 1. The van der Waals surface area contributed by atoms with Gasteiger partial charge in [0.15, 0.2) is 11.2 Å². The number of amides is 1. The molecule has 0 aliphatic carbocycles. The van der Waals surface area contributed by atoms with E-state index in [0.717, 1.165) is 4.57 Å². The van der Waals surface area contributed by atoms with Crippen LogP contribution in [0.4, 0.5) is 5.69 Å². The van der Waals surface area contributed by atoms with E-state index in [1.165, 1.54) is 36.7 Å². The number of para-hydroxylation sites is 2. The summed E-state index contributed by atoms with van der Waals surface area (Å²) in [5.74, 6) is 0.228. The summed E-state index contributed by atoms with van der Waals surface area (Å²) in [5, 5.41) is 2.84. The van der Waals surface area contributed by atoms with Crippen LogP contribution in [0.15, 0.2) is 40.2 Å². The molecule has 27 heavy (non-hydrogen) atoms. The van der Waals surface area contributed by atoms with Crippen LogP contribution in [0.1, 0.15) is 19.4 Å². The number of benzene rings is 1. The third-order valence-corrected chi connectivity index (χ3v) is 4.56. The summed E-state index contributed by atoms with van der Waals surface area (Å²) in [6.45, 7) is 1.84. The van der Waals surface area contributed by atoms with Gasteiger partial charge >= 0.3 is 5.69 Å². The minimum Gasteiger partial charge on any atom is -0.495 e. The number of carbonyl (C=O) groups is 1. The fourth-order valence-corrected chi connectivity index (χ4v) is 3.07. The zero-order chi connectivity index (χ0) is 19.7. The quantitative estimate of drug-likeness (QED) is 0.722. The molecule has 2 aromatic heterocycles.